The molecule has 1 saturated heterocycles. The molecular formula is C34H35ClN4O2S. The summed E-state index contributed by atoms with van der Waals surface area (Å²) in [6.07, 6.45) is 1.89. The van der Waals surface area contributed by atoms with E-state index in [0.29, 0.717) is 42.6 Å². The van der Waals surface area contributed by atoms with Crippen LogP contribution in [0.4, 0.5) is 0 Å². The van der Waals surface area contributed by atoms with E-state index in [2.05, 4.69) is 34.9 Å². The molecule has 8 heteroatoms. The number of likely N-dealkylation sites (tertiary alicyclic amines) is 1. The van der Waals surface area contributed by atoms with Crippen LogP contribution in [0.5, 0.6) is 0 Å². The Labute approximate surface area is 257 Å². The Kier molecular flexibility index (Phi) is 9.72. The Morgan fingerprint density at radius 2 is 1.67 bits per heavy atom. The number of fused-ring (bicyclic) bond motifs is 1. The zero-order valence-electron chi connectivity index (χ0n) is 23.6. The van der Waals surface area contributed by atoms with Crippen LogP contribution in [0, 0.1) is 0 Å². The van der Waals surface area contributed by atoms with Gasteiger partial charge in [-0.15, -0.1) is 0 Å². The van der Waals surface area contributed by atoms with Crippen molar-refractivity contribution in [2.45, 2.75) is 44.4 Å². The van der Waals surface area contributed by atoms with Gasteiger partial charge < -0.3 is 20.4 Å². The third-order valence-electron chi connectivity index (χ3n) is 7.71. The molecular weight excluding hydrogens is 564 g/mol. The van der Waals surface area contributed by atoms with Gasteiger partial charge in [0.2, 0.25) is 11.8 Å². The highest BCUT2D eigenvalue weighted by atomic mass is 35.5. The van der Waals surface area contributed by atoms with E-state index in [4.69, 9.17) is 23.8 Å². The van der Waals surface area contributed by atoms with Crippen LogP contribution >= 0.6 is 23.8 Å². The zero-order valence-corrected chi connectivity index (χ0v) is 25.2. The number of thiocarbonyl (C=S) groups is 1. The van der Waals surface area contributed by atoms with E-state index in [1.54, 1.807) is 11.9 Å². The van der Waals surface area contributed by atoms with Gasteiger partial charge in [0.05, 0.1) is 0 Å². The van der Waals surface area contributed by atoms with E-state index in [1.165, 1.54) is 0 Å². The van der Waals surface area contributed by atoms with Crippen molar-refractivity contribution in [3.63, 3.8) is 0 Å². The van der Waals surface area contributed by atoms with Crippen molar-refractivity contribution in [2.75, 3.05) is 13.6 Å². The average Bonchev–Trinajstić information content (AvgIpc) is 3.51. The SMILES string of the molecule is CN(Cc1ccccc1)C(=O)[C@H](Cc1ccc2ccccc2c1)NC(=O)[C@@H]1CCCN1C(=S)NCc1ccccc1Cl. The molecule has 0 saturated carbocycles. The standard InChI is InChI=1S/C34H35ClN4O2S/c1-38(23-24-10-3-2-4-11-24)33(41)30(21-25-17-18-26-12-5-6-13-27(26)20-25)37-32(40)31-16-9-19-39(31)34(42)36-22-28-14-7-8-15-29(28)35/h2-8,10-15,17-18,20,30-31H,9,16,19,21-23H2,1H3,(H,36,42)(H,37,40)/t30-,31-/m0/s1. The third kappa shape index (κ3) is 7.27. The second-order valence-electron chi connectivity index (χ2n) is 10.7. The largest absolute Gasteiger partial charge is 0.358 e. The van der Waals surface area contributed by atoms with Crippen LogP contribution < -0.4 is 10.6 Å². The second-order valence-corrected chi connectivity index (χ2v) is 11.5. The molecule has 2 N–H and O–H groups in total. The second kappa shape index (κ2) is 13.8. The van der Waals surface area contributed by atoms with Crippen LogP contribution in [0.2, 0.25) is 5.02 Å². The summed E-state index contributed by atoms with van der Waals surface area (Å²) in [7, 11) is 1.78. The number of carbonyl (C=O) groups excluding carboxylic acids is 2. The Hall–Kier alpha value is -3.94. The van der Waals surface area contributed by atoms with Gasteiger partial charge in [-0.3, -0.25) is 9.59 Å². The molecule has 4 aromatic rings. The number of nitrogens with one attached hydrogen (secondary N) is 2. The number of hydrogen-bond acceptors (Lipinski definition) is 3. The summed E-state index contributed by atoms with van der Waals surface area (Å²) >= 11 is 12.0. The molecule has 2 amide bonds. The van der Waals surface area contributed by atoms with Crippen LogP contribution in [-0.2, 0) is 29.1 Å². The smallest absolute Gasteiger partial charge is 0.245 e. The lowest BCUT2D eigenvalue weighted by Crippen LogP contribution is -2.55. The van der Waals surface area contributed by atoms with E-state index in [1.807, 2.05) is 77.7 Å². The van der Waals surface area contributed by atoms with Gasteiger partial charge in [0.15, 0.2) is 5.11 Å². The molecule has 1 heterocycles. The van der Waals surface area contributed by atoms with Crippen LogP contribution in [0.3, 0.4) is 0 Å². The van der Waals surface area contributed by atoms with E-state index < -0.39 is 12.1 Å². The summed E-state index contributed by atoms with van der Waals surface area (Å²) in [4.78, 5) is 31.2. The molecule has 0 radical (unpaired) electrons. The van der Waals surface area contributed by atoms with Gasteiger partial charge in [0, 0.05) is 38.1 Å². The van der Waals surface area contributed by atoms with Crippen molar-refractivity contribution in [1.82, 2.24) is 20.4 Å². The molecule has 216 valence electrons. The van der Waals surface area contributed by atoms with Crippen molar-refractivity contribution in [1.29, 1.82) is 0 Å². The molecule has 2 atom stereocenters. The zero-order chi connectivity index (χ0) is 29.5. The monoisotopic (exact) mass is 598 g/mol. The molecule has 0 aromatic heterocycles. The van der Waals surface area contributed by atoms with Crippen molar-refractivity contribution < 1.29 is 9.59 Å². The first-order valence-corrected chi connectivity index (χ1v) is 15.0. The number of benzene rings is 4. The summed E-state index contributed by atoms with van der Waals surface area (Å²) in [5.41, 5.74) is 2.95. The lowest BCUT2D eigenvalue weighted by Gasteiger charge is -2.30. The Morgan fingerprint density at radius 3 is 2.45 bits per heavy atom. The maximum Gasteiger partial charge on any atom is 0.245 e. The van der Waals surface area contributed by atoms with Gasteiger partial charge >= 0.3 is 0 Å². The van der Waals surface area contributed by atoms with E-state index in [0.717, 1.165) is 33.9 Å². The number of likely N-dealkylation sites (N-methyl/N-ethyl adjacent to an activating group) is 1. The van der Waals surface area contributed by atoms with Crippen molar-refractivity contribution in [2.24, 2.45) is 0 Å². The summed E-state index contributed by atoms with van der Waals surface area (Å²) in [5.74, 6) is -0.328. The van der Waals surface area contributed by atoms with Crippen molar-refractivity contribution in [3.8, 4) is 0 Å². The normalized spacial score (nSPS) is 15.3. The van der Waals surface area contributed by atoms with Crippen LogP contribution in [0.15, 0.2) is 97.1 Å². The fourth-order valence-corrected chi connectivity index (χ4v) is 5.96. The number of rotatable bonds is 9. The molecule has 1 aliphatic heterocycles. The van der Waals surface area contributed by atoms with Gasteiger partial charge in [-0.2, -0.15) is 0 Å². The van der Waals surface area contributed by atoms with Crippen molar-refractivity contribution >= 4 is 51.5 Å². The van der Waals surface area contributed by atoms with E-state index in [-0.39, 0.29) is 11.8 Å². The van der Waals surface area contributed by atoms with Gasteiger partial charge in [0.25, 0.3) is 0 Å². The van der Waals surface area contributed by atoms with Gasteiger partial charge in [-0.05, 0) is 58.6 Å². The minimum Gasteiger partial charge on any atom is -0.358 e. The van der Waals surface area contributed by atoms with Gasteiger partial charge in [0.1, 0.15) is 12.1 Å². The highest BCUT2D eigenvalue weighted by molar-refractivity contribution is 7.80. The molecule has 42 heavy (non-hydrogen) atoms. The molecule has 1 aliphatic rings. The summed E-state index contributed by atoms with van der Waals surface area (Å²) in [5, 5.41) is 9.78. The molecule has 5 rings (SSSR count). The number of hydrogen-bond donors (Lipinski definition) is 2. The van der Waals surface area contributed by atoms with Gasteiger partial charge in [-0.25, -0.2) is 0 Å². The lowest BCUT2D eigenvalue weighted by molar-refractivity contribution is -0.136. The third-order valence-corrected chi connectivity index (χ3v) is 8.46. The highest BCUT2D eigenvalue weighted by Crippen LogP contribution is 2.21. The first-order valence-electron chi connectivity index (χ1n) is 14.2. The van der Waals surface area contributed by atoms with Crippen LogP contribution in [0.1, 0.15) is 29.5 Å². The van der Waals surface area contributed by atoms with Gasteiger partial charge in [-0.1, -0.05) is 103 Å². The highest BCUT2D eigenvalue weighted by Gasteiger charge is 2.35. The first kappa shape index (κ1) is 29.5. The van der Waals surface area contributed by atoms with Crippen LogP contribution in [0.25, 0.3) is 10.8 Å². The quantitative estimate of drug-likeness (QED) is 0.241. The predicted octanol–water partition coefficient (Wildman–Crippen LogP) is 5.72. The molecule has 0 aliphatic carbocycles. The molecule has 6 nitrogen and oxygen atoms in total. The van der Waals surface area contributed by atoms with Crippen molar-refractivity contribution in [3.05, 3.63) is 119 Å². The summed E-state index contributed by atoms with van der Waals surface area (Å²) in [6, 6.07) is 30.6. The Morgan fingerprint density at radius 1 is 0.952 bits per heavy atom. The van der Waals surface area contributed by atoms with E-state index >= 15 is 0 Å². The Bertz CT molecular complexity index is 1560. The minimum absolute atomic E-state index is 0.135. The number of nitrogens with zero attached hydrogens (tertiary/aromatic N) is 2. The maximum absolute atomic E-state index is 13.8. The fourth-order valence-electron chi connectivity index (χ4n) is 5.47. The predicted molar refractivity (Wildman–Crippen MR) is 173 cm³/mol. The topological polar surface area (TPSA) is 64.7 Å². The number of halogens is 1. The Balaban J connectivity index is 1.31. The first-order chi connectivity index (χ1) is 20.4. The van der Waals surface area contributed by atoms with Crippen LogP contribution in [-0.4, -0.2) is 52.4 Å². The molecule has 1 fully saturated rings. The minimum atomic E-state index is -0.723. The molecule has 0 unspecified atom stereocenters. The summed E-state index contributed by atoms with van der Waals surface area (Å²) in [6.45, 7) is 1.59. The number of amides is 2. The maximum atomic E-state index is 13.8. The lowest BCUT2D eigenvalue weighted by atomic mass is 10.00. The molecule has 0 spiro atoms. The number of carbonyl (C=O) groups is 2. The molecule has 4 aromatic carbocycles. The van der Waals surface area contributed by atoms with E-state index in [9.17, 15) is 9.59 Å². The average molecular weight is 599 g/mol. The summed E-state index contributed by atoms with van der Waals surface area (Å²) < 4.78 is 0. The fraction of sp³-hybridized carbons (Fsp3) is 0.265. The molecule has 0 bridgehead atoms.